The van der Waals surface area contributed by atoms with E-state index < -0.39 is 29.4 Å². The summed E-state index contributed by atoms with van der Waals surface area (Å²) in [5.74, 6) is -4.73. The molecule has 2 N–H and O–H groups in total. The Bertz CT molecular complexity index is 841. The molecule has 0 spiro atoms. The highest BCUT2D eigenvalue weighted by atomic mass is 35.5. The van der Waals surface area contributed by atoms with E-state index in [1.807, 2.05) is 24.3 Å². The van der Waals surface area contributed by atoms with Crippen LogP contribution >= 0.6 is 11.6 Å². The Balaban J connectivity index is 1.61. The van der Waals surface area contributed by atoms with Crippen molar-refractivity contribution >= 4 is 28.9 Å². The molecule has 1 aliphatic heterocycles. The number of hydrogen-bond acceptors (Lipinski definition) is 2. The second-order valence-electron chi connectivity index (χ2n) is 6.53. The van der Waals surface area contributed by atoms with Crippen molar-refractivity contribution in [2.45, 2.75) is 13.0 Å². The quantitative estimate of drug-likeness (QED) is 0.776. The molecule has 2 aromatic rings. The van der Waals surface area contributed by atoms with Crippen molar-refractivity contribution in [3.8, 4) is 0 Å². The highest BCUT2D eigenvalue weighted by Crippen LogP contribution is 2.25. The number of para-hydroxylation sites is 1. The average Bonchev–Trinajstić information content (AvgIpc) is 2.68. The van der Waals surface area contributed by atoms with Crippen LogP contribution in [-0.2, 0) is 4.79 Å². The van der Waals surface area contributed by atoms with Crippen molar-refractivity contribution in [1.29, 1.82) is 0 Å². The number of carbonyl (C=O) groups is 1. The Morgan fingerprint density at radius 1 is 1.11 bits per heavy atom. The van der Waals surface area contributed by atoms with E-state index in [1.165, 1.54) is 0 Å². The SMILES string of the molecule is C[C@@H](C(=O)Nc1ccc(F)c(F)c1F)[NH+]1CCN(c2ccccc2Cl)CC1. The Labute approximate surface area is 160 Å². The smallest absolute Gasteiger partial charge is 0.282 e. The van der Waals surface area contributed by atoms with Gasteiger partial charge in [0.05, 0.1) is 42.6 Å². The van der Waals surface area contributed by atoms with E-state index >= 15 is 0 Å². The van der Waals surface area contributed by atoms with Gasteiger partial charge in [0.25, 0.3) is 5.91 Å². The van der Waals surface area contributed by atoms with Crippen LogP contribution in [0.4, 0.5) is 24.5 Å². The number of quaternary nitrogens is 1. The van der Waals surface area contributed by atoms with Crippen molar-refractivity contribution in [3.05, 3.63) is 58.9 Å². The fraction of sp³-hybridized carbons (Fsp3) is 0.316. The van der Waals surface area contributed by atoms with Crippen molar-refractivity contribution in [2.75, 3.05) is 36.4 Å². The van der Waals surface area contributed by atoms with E-state index in [9.17, 15) is 18.0 Å². The molecule has 1 heterocycles. The van der Waals surface area contributed by atoms with Crippen molar-refractivity contribution < 1.29 is 22.9 Å². The lowest BCUT2D eigenvalue weighted by molar-refractivity contribution is -0.914. The van der Waals surface area contributed by atoms with Crippen LogP contribution in [0.2, 0.25) is 5.02 Å². The van der Waals surface area contributed by atoms with Gasteiger partial charge in [0.2, 0.25) is 0 Å². The van der Waals surface area contributed by atoms with Gasteiger partial charge in [-0.15, -0.1) is 0 Å². The molecule has 144 valence electrons. The number of amides is 1. The molecule has 0 aromatic heterocycles. The summed E-state index contributed by atoms with van der Waals surface area (Å²) in [6.07, 6.45) is 0. The zero-order chi connectivity index (χ0) is 19.6. The molecule has 0 unspecified atom stereocenters. The van der Waals surface area contributed by atoms with E-state index in [0.29, 0.717) is 18.1 Å². The fourth-order valence-corrected chi connectivity index (χ4v) is 3.48. The van der Waals surface area contributed by atoms with Gasteiger partial charge in [-0.25, -0.2) is 13.2 Å². The monoisotopic (exact) mass is 398 g/mol. The number of anilines is 2. The molecule has 0 saturated carbocycles. The summed E-state index contributed by atoms with van der Waals surface area (Å²) in [6.45, 7) is 4.56. The van der Waals surface area contributed by atoms with Crippen LogP contribution in [0.3, 0.4) is 0 Å². The molecule has 27 heavy (non-hydrogen) atoms. The van der Waals surface area contributed by atoms with Crippen LogP contribution < -0.4 is 15.1 Å². The first-order chi connectivity index (χ1) is 12.9. The molecular weight excluding hydrogens is 379 g/mol. The number of halogens is 4. The highest BCUT2D eigenvalue weighted by molar-refractivity contribution is 6.33. The standard InChI is InChI=1S/C19H19ClF3N3O/c1-12(19(27)24-15-7-6-14(21)17(22)18(15)23)25-8-10-26(11-9-25)16-5-3-2-4-13(16)20/h2-7,12H,8-11H2,1H3,(H,24,27)/p+1/t12-/m0/s1. The summed E-state index contributed by atoms with van der Waals surface area (Å²) in [7, 11) is 0. The molecule has 0 bridgehead atoms. The maximum Gasteiger partial charge on any atom is 0.282 e. The third kappa shape index (κ3) is 4.20. The second-order valence-corrected chi connectivity index (χ2v) is 6.94. The lowest BCUT2D eigenvalue weighted by Gasteiger charge is -2.36. The first kappa shape index (κ1) is 19.5. The molecule has 2 aromatic carbocycles. The van der Waals surface area contributed by atoms with E-state index in [-0.39, 0.29) is 5.69 Å². The number of nitrogens with zero attached hydrogens (tertiary/aromatic N) is 1. The number of hydrogen-bond donors (Lipinski definition) is 2. The highest BCUT2D eigenvalue weighted by Gasteiger charge is 2.30. The number of carbonyl (C=O) groups excluding carboxylic acids is 1. The van der Waals surface area contributed by atoms with Crippen LogP contribution in [-0.4, -0.2) is 38.1 Å². The summed E-state index contributed by atoms with van der Waals surface area (Å²) in [5, 5.41) is 3.03. The largest absolute Gasteiger partial charge is 0.359 e. The molecule has 0 radical (unpaired) electrons. The van der Waals surface area contributed by atoms with Gasteiger partial charge < -0.3 is 15.1 Å². The maximum atomic E-state index is 13.7. The van der Waals surface area contributed by atoms with Gasteiger partial charge in [-0.05, 0) is 31.2 Å². The maximum absolute atomic E-state index is 13.7. The van der Waals surface area contributed by atoms with E-state index in [2.05, 4.69) is 10.2 Å². The Morgan fingerprint density at radius 2 is 1.78 bits per heavy atom. The molecule has 1 amide bonds. The summed E-state index contributed by atoms with van der Waals surface area (Å²) in [5.41, 5.74) is 0.596. The summed E-state index contributed by atoms with van der Waals surface area (Å²) in [6, 6.07) is 8.92. The molecule has 8 heteroatoms. The summed E-state index contributed by atoms with van der Waals surface area (Å²) in [4.78, 5) is 15.6. The molecule has 0 aliphatic carbocycles. The van der Waals surface area contributed by atoms with Crippen LogP contribution in [0.15, 0.2) is 36.4 Å². The lowest BCUT2D eigenvalue weighted by Crippen LogP contribution is -3.19. The van der Waals surface area contributed by atoms with Crippen molar-refractivity contribution in [2.24, 2.45) is 0 Å². The normalized spacial score (nSPS) is 16.3. The predicted octanol–water partition coefficient (Wildman–Crippen LogP) is 2.49. The van der Waals surface area contributed by atoms with Crippen LogP contribution in [0.25, 0.3) is 0 Å². The average molecular weight is 399 g/mol. The van der Waals surface area contributed by atoms with Crippen molar-refractivity contribution in [1.82, 2.24) is 0 Å². The van der Waals surface area contributed by atoms with Gasteiger partial charge in [-0.2, -0.15) is 0 Å². The molecule has 1 atom stereocenters. The minimum absolute atomic E-state index is 0.361. The molecule has 1 saturated heterocycles. The molecule has 1 fully saturated rings. The van der Waals surface area contributed by atoms with Crippen LogP contribution in [0.5, 0.6) is 0 Å². The van der Waals surface area contributed by atoms with E-state index in [1.54, 1.807) is 6.92 Å². The zero-order valence-electron chi connectivity index (χ0n) is 14.7. The minimum Gasteiger partial charge on any atom is -0.359 e. The van der Waals surface area contributed by atoms with Gasteiger partial charge in [-0.1, -0.05) is 23.7 Å². The van der Waals surface area contributed by atoms with E-state index in [4.69, 9.17) is 11.6 Å². The van der Waals surface area contributed by atoms with Crippen molar-refractivity contribution in [3.63, 3.8) is 0 Å². The third-order valence-corrected chi connectivity index (χ3v) is 5.22. The van der Waals surface area contributed by atoms with Gasteiger partial charge >= 0.3 is 0 Å². The number of benzene rings is 2. The fourth-order valence-electron chi connectivity index (χ4n) is 3.22. The Kier molecular flexibility index (Phi) is 5.92. The second kappa shape index (κ2) is 8.19. The number of piperazine rings is 1. The lowest BCUT2D eigenvalue weighted by atomic mass is 10.2. The van der Waals surface area contributed by atoms with Crippen LogP contribution in [0.1, 0.15) is 6.92 Å². The summed E-state index contributed by atoms with van der Waals surface area (Å²) >= 11 is 6.23. The first-order valence-corrected chi connectivity index (χ1v) is 9.04. The van der Waals surface area contributed by atoms with E-state index in [0.717, 1.165) is 35.8 Å². The topological polar surface area (TPSA) is 36.8 Å². The predicted molar refractivity (Wildman–Crippen MR) is 98.8 cm³/mol. The molecule has 4 nitrogen and oxygen atoms in total. The zero-order valence-corrected chi connectivity index (χ0v) is 15.5. The van der Waals surface area contributed by atoms with Gasteiger partial charge in [0.15, 0.2) is 23.5 Å². The third-order valence-electron chi connectivity index (χ3n) is 4.90. The molecular formula is C19H20ClF3N3O+. The first-order valence-electron chi connectivity index (χ1n) is 8.67. The Morgan fingerprint density at radius 3 is 2.44 bits per heavy atom. The molecule has 3 rings (SSSR count). The summed E-state index contributed by atoms with van der Waals surface area (Å²) < 4.78 is 40.1. The minimum atomic E-state index is -1.60. The van der Waals surface area contributed by atoms with Gasteiger partial charge in [0, 0.05) is 0 Å². The van der Waals surface area contributed by atoms with Gasteiger partial charge in [-0.3, -0.25) is 4.79 Å². The van der Waals surface area contributed by atoms with Gasteiger partial charge in [0.1, 0.15) is 0 Å². The molecule has 1 aliphatic rings. The number of rotatable bonds is 4. The number of nitrogens with one attached hydrogen (secondary N) is 2. The van der Waals surface area contributed by atoms with Crippen LogP contribution in [0, 0.1) is 17.5 Å². The Hall–Kier alpha value is -2.25.